The van der Waals surface area contributed by atoms with E-state index in [1.165, 1.54) is 24.0 Å². The zero-order chi connectivity index (χ0) is 19.1. The van der Waals surface area contributed by atoms with Gasteiger partial charge in [-0.05, 0) is 66.7 Å². The quantitative estimate of drug-likeness (QED) is 0.642. The van der Waals surface area contributed by atoms with E-state index < -0.39 is 0 Å². The summed E-state index contributed by atoms with van der Waals surface area (Å²) in [4.78, 5) is 4.61. The molecule has 0 aliphatic heterocycles. The average Bonchev–Trinajstić information content (AvgIpc) is 3.29. The van der Waals surface area contributed by atoms with Crippen LogP contribution in [0.15, 0.2) is 40.9 Å². The van der Waals surface area contributed by atoms with Gasteiger partial charge in [0, 0.05) is 11.1 Å². The van der Waals surface area contributed by atoms with Gasteiger partial charge >= 0.3 is 0 Å². The van der Waals surface area contributed by atoms with Crippen molar-refractivity contribution < 1.29 is 9.26 Å². The Bertz CT molecular complexity index is 1080. The average molecular weight is 369 g/mol. The van der Waals surface area contributed by atoms with Crippen molar-refractivity contribution in [1.29, 1.82) is 5.26 Å². The number of benzene rings is 2. The van der Waals surface area contributed by atoms with E-state index in [-0.39, 0.29) is 0 Å². The minimum absolute atomic E-state index is 0.420. The number of fused-ring (bicyclic) bond motifs is 1. The molecule has 1 heterocycles. The van der Waals surface area contributed by atoms with Crippen LogP contribution in [0.1, 0.15) is 41.8 Å². The van der Waals surface area contributed by atoms with Crippen LogP contribution in [0, 0.1) is 17.2 Å². The van der Waals surface area contributed by atoms with Crippen LogP contribution in [0.2, 0.25) is 0 Å². The molecule has 0 spiro atoms. The van der Waals surface area contributed by atoms with E-state index in [1.807, 2.05) is 12.1 Å². The summed E-state index contributed by atoms with van der Waals surface area (Å²) >= 11 is 0. The summed E-state index contributed by atoms with van der Waals surface area (Å²) in [7, 11) is 2.26. The highest BCUT2D eigenvalue weighted by Gasteiger charge is 2.24. The van der Waals surface area contributed by atoms with Gasteiger partial charge in [0.1, 0.15) is 19.7 Å². The second-order valence-electron chi connectivity index (χ2n) is 7.81. The van der Waals surface area contributed by atoms with E-state index in [0.29, 0.717) is 41.4 Å². The molecule has 1 saturated carbocycles. The summed E-state index contributed by atoms with van der Waals surface area (Å²) < 4.78 is 11.3. The van der Waals surface area contributed by atoms with Crippen molar-refractivity contribution in [2.75, 3.05) is 6.61 Å². The summed E-state index contributed by atoms with van der Waals surface area (Å²) in [5.74, 6) is 2.85. The van der Waals surface area contributed by atoms with E-state index in [1.54, 1.807) is 6.07 Å². The smallest absolute Gasteiger partial charge is 0.258 e. The summed E-state index contributed by atoms with van der Waals surface area (Å²) in [6, 6.07) is 14.0. The van der Waals surface area contributed by atoms with Crippen LogP contribution >= 0.6 is 0 Å². The molecule has 5 nitrogen and oxygen atoms in total. The van der Waals surface area contributed by atoms with Crippen LogP contribution in [0.5, 0.6) is 5.75 Å². The van der Waals surface area contributed by atoms with Crippen LogP contribution in [-0.4, -0.2) is 24.6 Å². The first-order chi connectivity index (χ1) is 13.7. The molecule has 1 atom stereocenters. The number of aromatic nitrogens is 2. The van der Waals surface area contributed by atoms with Crippen molar-refractivity contribution >= 4 is 7.85 Å². The highest BCUT2D eigenvalue weighted by atomic mass is 16.5. The van der Waals surface area contributed by atoms with Crippen molar-refractivity contribution in [3.05, 3.63) is 53.1 Å². The van der Waals surface area contributed by atoms with E-state index in [9.17, 15) is 5.26 Å². The van der Waals surface area contributed by atoms with Gasteiger partial charge in [-0.15, -0.1) is 0 Å². The van der Waals surface area contributed by atoms with Crippen molar-refractivity contribution in [3.63, 3.8) is 0 Å². The molecule has 5 rings (SSSR count). The lowest BCUT2D eigenvalue weighted by Crippen LogP contribution is -2.00. The van der Waals surface area contributed by atoms with Crippen molar-refractivity contribution in [3.8, 4) is 34.7 Å². The monoisotopic (exact) mass is 369 g/mol. The summed E-state index contributed by atoms with van der Waals surface area (Å²) in [5, 5.41) is 13.7. The van der Waals surface area contributed by atoms with E-state index >= 15 is 0 Å². The Kier molecular flexibility index (Phi) is 4.16. The zero-order valence-electron chi connectivity index (χ0n) is 15.8. The Balaban J connectivity index is 1.44. The molecule has 28 heavy (non-hydrogen) atoms. The lowest BCUT2D eigenvalue weighted by molar-refractivity contribution is 0.299. The molecule has 138 valence electrons. The van der Waals surface area contributed by atoms with Crippen LogP contribution in [0.25, 0.3) is 22.8 Å². The van der Waals surface area contributed by atoms with Gasteiger partial charge in [-0.1, -0.05) is 23.4 Å². The maximum absolute atomic E-state index is 9.49. The summed E-state index contributed by atoms with van der Waals surface area (Å²) in [6.45, 7) is 0.677. The third-order valence-corrected chi connectivity index (χ3v) is 5.76. The second-order valence-corrected chi connectivity index (χ2v) is 7.81. The molecule has 0 radical (unpaired) electrons. The summed E-state index contributed by atoms with van der Waals surface area (Å²) in [5.41, 5.74) is 4.97. The molecule has 1 unspecified atom stereocenters. The molecule has 3 aromatic rings. The topological polar surface area (TPSA) is 71.9 Å². The molecule has 0 saturated heterocycles. The fourth-order valence-electron chi connectivity index (χ4n) is 3.89. The van der Waals surface area contributed by atoms with E-state index in [2.05, 4.69) is 42.3 Å². The van der Waals surface area contributed by atoms with Gasteiger partial charge < -0.3 is 9.26 Å². The van der Waals surface area contributed by atoms with E-state index in [0.717, 1.165) is 24.0 Å². The van der Waals surface area contributed by atoms with Crippen molar-refractivity contribution in [1.82, 2.24) is 10.1 Å². The molecule has 0 bridgehead atoms. The zero-order valence-corrected chi connectivity index (χ0v) is 15.8. The van der Waals surface area contributed by atoms with Gasteiger partial charge in [0.05, 0.1) is 12.2 Å². The molecule has 6 heteroatoms. The Hall–Kier alpha value is -3.07. The molecule has 1 fully saturated rings. The lowest BCUT2D eigenvalue weighted by Gasteiger charge is -2.07. The Morgan fingerprint density at radius 3 is 2.93 bits per heavy atom. The highest BCUT2D eigenvalue weighted by Crippen LogP contribution is 2.37. The normalized spacial score (nSPS) is 17.9. The Morgan fingerprint density at radius 1 is 1.21 bits per heavy atom. The van der Waals surface area contributed by atoms with Gasteiger partial charge in [-0.25, -0.2) is 0 Å². The first-order valence-corrected chi connectivity index (χ1v) is 9.86. The maximum Gasteiger partial charge on any atom is 0.258 e. The number of hydrogen-bond donors (Lipinski definition) is 0. The molecule has 2 aliphatic rings. The van der Waals surface area contributed by atoms with Gasteiger partial charge in [-0.2, -0.15) is 10.2 Å². The molecule has 0 amide bonds. The summed E-state index contributed by atoms with van der Waals surface area (Å²) in [6.07, 6.45) is 4.63. The fraction of sp³-hybridized carbons (Fsp3) is 0.318. The predicted molar refractivity (Wildman–Crippen MR) is 108 cm³/mol. The van der Waals surface area contributed by atoms with Gasteiger partial charge in [0.15, 0.2) is 0 Å². The highest BCUT2D eigenvalue weighted by molar-refractivity contribution is 6.13. The second kappa shape index (κ2) is 6.83. The SMILES string of the molecule is BC1CCc2c(-c3noc(-c4ccc(OCC5CC5)c(C#N)c4)n3)cccc21. The number of hydrogen-bond acceptors (Lipinski definition) is 5. The van der Waals surface area contributed by atoms with Crippen LogP contribution in [0.3, 0.4) is 0 Å². The lowest BCUT2D eigenvalue weighted by atomic mass is 9.82. The third kappa shape index (κ3) is 3.07. The number of ether oxygens (including phenoxy) is 1. The van der Waals surface area contributed by atoms with Gasteiger partial charge in [-0.3, -0.25) is 0 Å². The molecule has 2 aliphatic carbocycles. The molecular formula is C22H20BN3O2. The standard InChI is InChI=1S/C22H20BN3O2/c23-19-8-7-16-17(19)2-1-3-18(16)21-25-22(28-26-21)14-6-9-20(15(10-14)11-24)27-12-13-4-5-13/h1-3,6,9-10,13,19H,4-5,7-8,12,23H2. The first-order valence-electron chi connectivity index (χ1n) is 9.86. The van der Waals surface area contributed by atoms with Crippen LogP contribution in [0.4, 0.5) is 0 Å². The third-order valence-electron chi connectivity index (χ3n) is 5.76. The number of nitrogens with zero attached hydrogens (tertiary/aromatic N) is 3. The first kappa shape index (κ1) is 17.1. The largest absolute Gasteiger partial charge is 0.492 e. The van der Waals surface area contributed by atoms with Crippen LogP contribution in [-0.2, 0) is 6.42 Å². The molecule has 0 N–H and O–H groups in total. The van der Waals surface area contributed by atoms with Crippen molar-refractivity contribution in [2.45, 2.75) is 31.5 Å². The fourth-order valence-corrected chi connectivity index (χ4v) is 3.89. The predicted octanol–water partition coefficient (Wildman–Crippen LogP) is 3.68. The Labute approximate surface area is 164 Å². The van der Waals surface area contributed by atoms with Crippen molar-refractivity contribution in [2.24, 2.45) is 5.92 Å². The molecule has 2 aromatic carbocycles. The number of rotatable bonds is 5. The van der Waals surface area contributed by atoms with Gasteiger partial charge in [0.25, 0.3) is 5.89 Å². The molecule has 1 aromatic heterocycles. The molecular weight excluding hydrogens is 349 g/mol. The van der Waals surface area contributed by atoms with Gasteiger partial charge in [0.2, 0.25) is 5.82 Å². The Morgan fingerprint density at radius 2 is 2.11 bits per heavy atom. The minimum Gasteiger partial charge on any atom is -0.492 e. The number of nitriles is 1. The minimum atomic E-state index is 0.420. The maximum atomic E-state index is 9.49. The van der Waals surface area contributed by atoms with E-state index in [4.69, 9.17) is 9.26 Å². The van der Waals surface area contributed by atoms with Crippen LogP contribution < -0.4 is 4.74 Å².